The number of carbonyl (C=O) groups excluding carboxylic acids is 1. The number of aromatic nitrogens is 2. The molecule has 0 radical (unpaired) electrons. The van der Waals surface area contributed by atoms with Gasteiger partial charge in [0.05, 0.1) is 6.33 Å². The Labute approximate surface area is 130 Å². The van der Waals surface area contributed by atoms with Crippen molar-refractivity contribution in [1.29, 1.82) is 0 Å². The molecule has 0 saturated heterocycles. The van der Waals surface area contributed by atoms with E-state index >= 15 is 0 Å². The minimum absolute atomic E-state index is 0.167. The number of imidazole rings is 1. The zero-order valence-electron chi connectivity index (χ0n) is 12.5. The number of rotatable bonds is 7. The molecular weight excluding hydrogens is 276 g/mol. The van der Waals surface area contributed by atoms with Crippen LogP contribution >= 0.6 is 0 Å². The van der Waals surface area contributed by atoms with E-state index < -0.39 is 0 Å². The van der Waals surface area contributed by atoms with Crippen molar-refractivity contribution in [2.45, 2.75) is 6.54 Å². The first-order chi connectivity index (χ1) is 10.7. The Hall–Kier alpha value is -2.82. The average Bonchev–Trinajstić information content (AvgIpc) is 3.00. The van der Waals surface area contributed by atoms with Gasteiger partial charge in [0.1, 0.15) is 0 Å². The van der Waals surface area contributed by atoms with Crippen LogP contribution in [0, 0.1) is 0 Å². The SMILES string of the molecule is C=CCN(CC=C)C(=O)Nc1cccc(Cn2ccnc2)c1. The predicted molar refractivity (Wildman–Crippen MR) is 88.8 cm³/mol. The summed E-state index contributed by atoms with van der Waals surface area (Å²) in [5.74, 6) is 0. The van der Waals surface area contributed by atoms with Crippen molar-refractivity contribution in [3.63, 3.8) is 0 Å². The van der Waals surface area contributed by atoms with E-state index in [-0.39, 0.29) is 6.03 Å². The van der Waals surface area contributed by atoms with Crippen LogP contribution in [0.25, 0.3) is 0 Å². The summed E-state index contributed by atoms with van der Waals surface area (Å²) in [6, 6.07) is 7.60. The second-order valence-corrected chi connectivity index (χ2v) is 4.85. The third-order valence-corrected chi connectivity index (χ3v) is 3.09. The minimum Gasteiger partial charge on any atom is -0.333 e. The van der Waals surface area contributed by atoms with Crippen molar-refractivity contribution < 1.29 is 4.79 Å². The number of hydrogen-bond donors (Lipinski definition) is 1. The lowest BCUT2D eigenvalue weighted by Gasteiger charge is -2.20. The Morgan fingerprint density at radius 3 is 2.73 bits per heavy atom. The van der Waals surface area contributed by atoms with Crippen molar-refractivity contribution in [2.75, 3.05) is 18.4 Å². The van der Waals surface area contributed by atoms with E-state index in [9.17, 15) is 4.79 Å². The van der Waals surface area contributed by atoms with E-state index in [0.717, 1.165) is 11.3 Å². The first-order valence-corrected chi connectivity index (χ1v) is 7.05. The second kappa shape index (κ2) is 7.83. The van der Waals surface area contributed by atoms with E-state index in [1.54, 1.807) is 29.6 Å². The molecule has 0 saturated carbocycles. The normalized spacial score (nSPS) is 10.0. The molecule has 0 fully saturated rings. The molecule has 0 aliphatic rings. The number of urea groups is 1. The highest BCUT2D eigenvalue weighted by molar-refractivity contribution is 5.89. The number of nitrogens with zero attached hydrogens (tertiary/aromatic N) is 3. The Morgan fingerprint density at radius 2 is 2.09 bits per heavy atom. The first kappa shape index (κ1) is 15.6. The van der Waals surface area contributed by atoms with Crippen LogP contribution in [0.3, 0.4) is 0 Å². The average molecular weight is 296 g/mol. The molecule has 0 spiro atoms. The number of amides is 2. The lowest BCUT2D eigenvalue weighted by molar-refractivity contribution is 0.222. The number of anilines is 1. The van der Waals surface area contributed by atoms with Crippen LogP contribution in [0.1, 0.15) is 5.56 Å². The van der Waals surface area contributed by atoms with Crippen molar-refractivity contribution in [2.24, 2.45) is 0 Å². The molecule has 1 heterocycles. The molecule has 114 valence electrons. The van der Waals surface area contributed by atoms with Gasteiger partial charge in [0.25, 0.3) is 0 Å². The quantitative estimate of drug-likeness (QED) is 0.798. The lowest BCUT2D eigenvalue weighted by Crippen LogP contribution is -2.35. The predicted octanol–water partition coefficient (Wildman–Crippen LogP) is 3.14. The highest BCUT2D eigenvalue weighted by Gasteiger charge is 2.10. The Balaban J connectivity index is 2.04. The van der Waals surface area contributed by atoms with Gasteiger partial charge >= 0.3 is 6.03 Å². The van der Waals surface area contributed by atoms with Crippen LogP contribution in [-0.2, 0) is 6.54 Å². The fourth-order valence-corrected chi connectivity index (χ4v) is 2.09. The second-order valence-electron chi connectivity index (χ2n) is 4.85. The van der Waals surface area contributed by atoms with Crippen LogP contribution < -0.4 is 5.32 Å². The largest absolute Gasteiger partial charge is 0.333 e. The molecule has 0 atom stereocenters. The summed E-state index contributed by atoms with van der Waals surface area (Å²) in [6.07, 6.45) is 8.80. The fourth-order valence-electron chi connectivity index (χ4n) is 2.09. The van der Waals surface area contributed by atoms with Crippen LogP contribution in [-0.4, -0.2) is 33.6 Å². The molecule has 1 aromatic heterocycles. The molecule has 2 rings (SSSR count). The van der Waals surface area contributed by atoms with Gasteiger partial charge in [-0.15, -0.1) is 13.2 Å². The number of benzene rings is 1. The maximum atomic E-state index is 12.2. The molecule has 5 heteroatoms. The van der Waals surface area contributed by atoms with E-state index in [4.69, 9.17) is 0 Å². The van der Waals surface area contributed by atoms with Crippen LogP contribution in [0.2, 0.25) is 0 Å². The van der Waals surface area contributed by atoms with Crippen LogP contribution in [0.5, 0.6) is 0 Å². The number of carbonyl (C=O) groups is 1. The van der Waals surface area contributed by atoms with Gasteiger partial charge in [-0.1, -0.05) is 24.3 Å². The fraction of sp³-hybridized carbons (Fsp3) is 0.176. The van der Waals surface area contributed by atoms with E-state index in [0.29, 0.717) is 19.6 Å². The van der Waals surface area contributed by atoms with Gasteiger partial charge < -0.3 is 14.8 Å². The van der Waals surface area contributed by atoms with Crippen LogP contribution in [0.15, 0.2) is 68.3 Å². The van der Waals surface area contributed by atoms with Gasteiger partial charge in [0, 0.05) is 37.7 Å². The van der Waals surface area contributed by atoms with Gasteiger partial charge in [0.15, 0.2) is 0 Å². The van der Waals surface area contributed by atoms with Gasteiger partial charge in [-0.3, -0.25) is 0 Å². The van der Waals surface area contributed by atoms with Crippen molar-refractivity contribution in [3.8, 4) is 0 Å². The Kier molecular flexibility index (Phi) is 5.54. The molecule has 22 heavy (non-hydrogen) atoms. The van der Waals surface area contributed by atoms with Crippen LogP contribution in [0.4, 0.5) is 10.5 Å². The van der Waals surface area contributed by atoms with Gasteiger partial charge in [-0.25, -0.2) is 9.78 Å². The molecule has 0 bridgehead atoms. The van der Waals surface area contributed by atoms with Gasteiger partial charge in [0.2, 0.25) is 0 Å². The molecule has 0 aliphatic heterocycles. The summed E-state index contributed by atoms with van der Waals surface area (Å²) in [4.78, 5) is 17.9. The molecule has 2 amide bonds. The van der Waals surface area contributed by atoms with Crippen molar-refractivity contribution in [1.82, 2.24) is 14.5 Å². The number of nitrogens with one attached hydrogen (secondary N) is 1. The maximum Gasteiger partial charge on any atom is 0.322 e. The number of hydrogen-bond acceptors (Lipinski definition) is 2. The molecule has 5 nitrogen and oxygen atoms in total. The summed E-state index contributed by atoms with van der Waals surface area (Å²) >= 11 is 0. The summed E-state index contributed by atoms with van der Waals surface area (Å²) in [6.45, 7) is 9.00. The zero-order chi connectivity index (χ0) is 15.8. The van der Waals surface area contributed by atoms with E-state index in [1.807, 2.05) is 35.0 Å². The molecule has 2 aromatic rings. The third kappa shape index (κ3) is 4.34. The van der Waals surface area contributed by atoms with Gasteiger partial charge in [-0.05, 0) is 17.7 Å². The highest BCUT2D eigenvalue weighted by atomic mass is 16.2. The van der Waals surface area contributed by atoms with E-state index in [1.165, 1.54) is 0 Å². The zero-order valence-corrected chi connectivity index (χ0v) is 12.5. The smallest absolute Gasteiger partial charge is 0.322 e. The van der Waals surface area contributed by atoms with E-state index in [2.05, 4.69) is 23.5 Å². The van der Waals surface area contributed by atoms with Crippen molar-refractivity contribution >= 4 is 11.7 Å². The molecule has 0 aliphatic carbocycles. The summed E-state index contributed by atoms with van der Waals surface area (Å²) in [5.41, 5.74) is 1.86. The Morgan fingerprint density at radius 1 is 1.32 bits per heavy atom. The summed E-state index contributed by atoms with van der Waals surface area (Å²) in [5, 5.41) is 2.90. The standard InChI is InChI=1S/C17H20N4O/c1-3-9-21(10-4-2)17(22)19-16-7-5-6-15(12-16)13-20-11-8-18-14-20/h3-8,11-12,14H,1-2,9-10,13H2,(H,19,22). The topological polar surface area (TPSA) is 50.2 Å². The molecular formula is C17H20N4O. The maximum absolute atomic E-state index is 12.2. The Bertz CT molecular complexity index is 624. The lowest BCUT2D eigenvalue weighted by atomic mass is 10.2. The molecule has 0 unspecified atom stereocenters. The first-order valence-electron chi connectivity index (χ1n) is 7.05. The third-order valence-electron chi connectivity index (χ3n) is 3.09. The monoisotopic (exact) mass is 296 g/mol. The minimum atomic E-state index is -0.167. The summed E-state index contributed by atoms with van der Waals surface area (Å²) in [7, 11) is 0. The molecule has 1 N–H and O–H groups in total. The summed E-state index contributed by atoms with van der Waals surface area (Å²) < 4.78 is 1.97. The highest BCUT2D eigenvalue weighted by Crippen LogP contribution is 2.13. The molecule has 1 aromatic carbocycles. The van der Waals surface area contributed by atoms with Crippen molar-refractivity contribution in [3.05, 3.63) is 73.9 Å². The van der Waals surface area contributed by atoms with Gasteiger partial charge in [-0.2, -0.15) is 0 Å².